The Bertz CT molecular complexity index is 519. The van der Waals surface area contributed by atoms with Crippen LogP contribution < -0.4 is 5.32 Å². The van der Waals surface area contributed by atoms with Gasteiger partial charge in [0.25, 0.3) is 0 Å². The van der Waals surface area contributed by atoms with Crippen LogP contribution in [0.15, 0.2) is 12.1 Å². The van der Waals surface area contributed by atoms with Gasteiger partial charge >= 0.3 is 0 Å². The summed E-state index contributed by atoms with van der Waals surface area (Å²) >= 11 is 0. The molecule has 0 amide bonds. The summed E-state index contributed by atoms with van der Waals surface area (Å²) in [6.07, 6.45) is 0.310. The lowest BCUT2D eigenvalue weighted by Gasteiger charge is -2.50. The number of hydrogen-bond acceptors (Lipinski definition) is 3. The molecule has 2 atom stereocenters. The third kappa shape index (κ3) is 1.95. The van der Waals surface area contributed by atoms with E-state index in [9.17, 15) is 9.50 Å². The van der Waals surface area contributed by atoms with E-state index < -0.39 is 0 Å². The fourth-order valence-electron chi connectivity index (χ4n) is 2.23. The van der Waals surface area contributed by atoms with Crippen molar-refractivity contribution in [1.29, 1.82) is 5.26 Å². The lowest BCUT2D eigenvalue weighted by atomic mass is 9.64. The molecule has 0 saturated heterocycles. The van der Waals surface area contributed by atoms with Crippen LogP contribution in [0.1, 0.15) is 31.4 Å². The number of hydrogen-bond donors (Lipinski definition) is 2. The van der Waals surface area contributed by atoms with E-state index in [1.165, 1.54) is 6.07 Å². The molecular formula is C14H17FN2O. The van der Waals surface area contributed by atoms with Crippen LogP contribution in [0.25, 0.3) is 0 Å². The molecule has 2 unspecified atom stereocenters. The molecule has 0 bridgehead atoms. The van der Waals surface area contributed by atoms with Crippen molar-refractivity contribution in [2.24, 2.45) is 5.41 Å². The Labute approximate surface area is 106 Å². The molecule has 0 aromatic heterocycles. The first-order chi connectivity index (χ1) is 8.36. The first-order valence-corrected chi connectivity index (χ1v) is 6.01. The van der Waals surface area contributed by atoms with Crippen molar-refractivity contribution in [3.05, 3.63) is 29.1 Å². The molecule has 1 saturated carbocycles. The van der Waals surface area contributed by atoms with E-state index in [0.717, 1.165) is 0 Å². The Kier molecular flexibility index (Phi) is 3.04. The predicted octanol–water partition coefficient (Wildman–Crippen LogP) is 2.58. The van der Waals surface area contributed by atoms with E-state index in [0.29, 0.717) is 23.2 Å². The molecule has 2 rings (SSSR count). The molecule has 1 aliphatic rings. The Balaban J connectivity index is 2.25. The van der Waals surface area contributed by atoms with Crippen LogP contribution in [0, 0.1) is 29.5 Å². The third-order valence-electron chi connectivity index (χ3n) is 4.02. The normalized spacial score (nSPS) is 25.1. The quantitative estimate of drug-likeness (QED) is 0.845. The standard InChI is InChI=1S/C14H17FN2O/c1-8-10(15)4-9(7-16)5-11(8)17-12-6-13(18)14(12,2)3/h4-5,12-13,17-18H,6H2,1-3H3. The summed E-state index contributed by atoms with van der Waals surface area (Å²) in [5.74, 6) is -0.380. The molecule has 0 heterocycles. The number of nitrogens with zero attached hydrogens (tertiary/aromatic N) is 1. The third-order valence-corrected chi connectivity index (χ3v) is 4.02. The summed E-state index contributed by atoms with van der Waals surface area (Å²) in [5.41, 5.74) is 1.21. The summed E-state index contributed by atoms with van der Waals surface area (Å²) in [6, 6.07) is 4.93. The molecule has 1 fully saturated rings. The van der Waals surface area contributed by atoms with Gasteiger partial charge in [0.15, 0.2) is 0 Å². The predicted molar refractivity (Wildman–Crippen MR) is 67.7 cm³/mol. The Hall–Kier alpha value is -1.60. The number of aliphatic hydroxyl groups excluding tert-OH is 1. The summed E-state index contributed by atoms with van der Waals surface area (Å²) in [7, 11) is 0. The first kappa shape index (κ1) is 12.8. The Morgan fingerprint density at radius 3 is 2.67 bits per heavy atom. The van der Waals surface area contributed by atoms with E-state index in [-0.39, 0.29) is 23.4 Å². The van der Waals surface area contributed by atoms with Crippen molar-refractivity contribution < 1.29 is 9.50 Å². The van der Waals surface area contributed by atoms with Crippen molar-refractivity contribution in [3.63, 3.8) is 0 Å². The largest absolute Gasteiger partial charge is 0.392 e. The van der Waals surface area contributed by atoms with E-state index in [2.05, 4.69) is 5.32 Å². The van der Waals surface area contributed by atoms with Gasteiger partial charge in [-0.2, -0.15) is 5.26 Å². The van der Waals surface area contributed by atoms with E-state index in [1.807, 2.05) is 19.9 Å². The molecule has 2 N–H and O–H groups in total. The topological polar surface area (TPSA) is 56.0 Å². The van der Waals surface area contributed by atoms with Crippen LogP contribution in [0.3, 0.4) is 0 Å². The molecule has 1 aromatic rings. The van der Waals surface area contributed by atoms with E-state index in [4.69, 9.17) is 5.26 Å². The number of nitriles is 1. The van der Waals surface area contributed by atoms with Gasteiger partial charge in [-0.3, -0.25) is 0 Å². The van der Waals surface area contributed by atoms with Gasteiger partial charge in [-0.25, -0.2) is 4.39 Å². The zero-order valence-electron chi connectivity index (χ0n) is 10.8. The molecule has 18 heavy (non-hydrogen) atoms. The van der Waals surface area contributed by atoms with E-state index in [1.54, 1.807) is 13.0 Å². The number of anilines is 1. The molecule has 0 radical (unpaired) electrons. The zero-order chi connectivity index (χ0) is 13.5. The first-order valence-electron chi connectivity index (χ1n) is 6.01. The minimum atomic E-state index is -0.380. The number of aliphatic hydroxyl groups is 1. The van der Waals surface area contributed by atoms with Crippen LogP contribution >= 0.6 is 0 Å². The highest BCUT2D eigenvalue weighted by Crippen LogP contribution is 2.42. The van der Waals surface area contributed by atoms with Crippen LogP contribution in [0.4, 0.5) is 10.1 Å². The van der Waals surface area contributed by atoms with Gasteiger partial charge in [-0.1, -0.05) is 13.8 Å². The SMILES string of the molecule is Cc1c(F)cc(C#N)cc1NC1CC(O)C1(C)C. The molecule has 3 nitrogen and oxygen atoms in total. The van der Waals surface area contributed by atoms with E-state index >= 15 is 0 Å². The van der Waals surface area contributed by atoms with Gasteiger partial charge in [0.1, 0.15) is 5.82 Å². The highest BCUT2D eigenvalue weighted by molar-refractivity contribution is 5.57. The van der Waals surface area contributed by atoms with Gasteiger partial charge in [0.05, 0.1) is 17.7 Å². The van der Waals surface area contributed by atoms with Crippen molar-refractivity contribution >= 4 is 5.69 Å². The fourth-order valence-corrected chi connectivity index (χ4v) is 2.23. The highest BCUT2D eigenvalue weighted by atomic mass is 19.1. The monoisotopic (exact) mass is 248 g/mol. The van der Waals surface area contributed by atoms with Crippen LogP contribution in [0.2, 0.25) is 0 Å². The van der Waals surface area contributed by atoms with Crippen LogP contribution in [-0.4, -0.2) is 17.3 Å². The lowest BCUT2D eigenvalue weighted by Crippen LogP contribution is -2.57. The number of benzene rings is 1. The molecular weight excluding hydrogens is 231 g/mol. The minimum Gasteiger partial charge on any atom is -0.392 e. The molecule has 96 valence electrons. The smallest absolute Gasteiger partial charge is 0.129 e. The number of rotatable bonds is 2. The summed E-state index contributed by atoms with van der Waals surface area (Å²) < 4.78 is 13.6. The fraction of sp³-hybridized carbons (Fsp3) is 0.500. The van der Waals surface area contributed by atoms with Crippen molar-refractivity contribution in [1.82, 2.24) is 0 Å². The maximum absolute atomic E-state index is 13.6. The second-order valence-electron chi connectivity index (χ2n) is 5.51. The molecule has 0 spiro atoms. The molecule has 1 aromatic carbocycles. The zero-order valence-corrected chi connectivity index (χ0v) is 10.8. The molecule has 4 heteroatoms. The number of nitrogens with one attached hydrogen (secondary N) is 1. The number of halogens is 1. The van der Waals surface area contributed by atoms with Crippen molar-refractivity contribution in [2.45, 2.75) is 39.3 Å². The summed E-state index contributed by atoms with van der Waals surface area (Å²) in [5, 5.41) is 21.8. The second kappa shape index (κ2) is 4.25. The van der Waals surface area contributed by atoms with Crippen molar-refractivity contribution in [2.75, 3.05) is 5.32 Å². The van der Waals surface area contributed by atoms with Crippen molar-refractivity contribution in [3.8, 4) is 6.07 Å². The van der Waals surface area contributed by atoms with Gasteiger partial charge in [-0.15, -0.1) is 0 Å². The maximum Gasteiger partial charge on any atom is 0.129 e. The van der Waals surface area contributed by atoms with Gasteiger partial charge in [0.2, 0.25) is 0 Å². The average molecular weight is 248 g/mol. The Morgan fingerprint density at radius 2 is 2.17 bits per heavy atom. The Morgan fingerprint density at radius 1 is 1.50 bits per heavy atom. The van der Waals surface area contributed by atoms with Crippen LogP contribution in [-0.2, 0) is 0 Å². The summed E-state index contributed by atoms with van der Waals surface area (Å²) in [4.78, 5) is 0. The maximum atomic E-state index is 13.6. The summed E-state index contributed by atoms with van der Waals surface area (Å²) in [6.45, 7) is 5.62. The molecule has 1 aliphatic carbocycles. The molecule has 0 aliphatic heterocycles. The van der Waals surface area contributed by atoms with Crippen LogP contribution in [0.5, 0.6) is 0 Å². The lowest BCUT2D eigenvalue weighted by molar-refractivity contribution is -0.0510. The minimum absolute atomic E-state index is 0.0968. The van der Waals surface area contributed by atoms with Gasteiger partial charge < -0.3 is 10.4 Å². The highest BCUT2D eigenvalue weighted by Gasteiger charge is 2.47. The van der Waals surface area contributed by atoms with Gasteiger partial charge in [-0.05, 0) is 25.5 Å². The average Bonchev–Trinajstić information content (AvgIpc) is 2.33. The van der Waals surface area contributed by atoms with Gasteiger partial charge in [0, 0.05) is 22.7 Å². The second-order valence-corrected chi connectivity index (χ2v) is 5.51.